The van der Waals surface area contributed by atoms with Crippen LogP contribution in [0.5, 0.6) is 0 Å². The van der Waals surface area contributed by atoms with Gasteiger partial charge in [0, 0.05) is 12.7 Å². The fraction of sp³-hybridized carbons (Fsp3) is 0.227. The molecule has 0 spiro atoms. The van der Waals surface area contributed by atoms with Gasteiger partial charge in [-0.05, 0) is 38.0 Å². The predicted molar refractivity (Wildman–Crippen MR) is 112 cm³/mol. The lowest BCUT2D eigenvalue weighted by atomic mass is 10.1. The predicted octanol–water partition coefficient (Wildman–Crippen LogP) is 3.48. The average molecular weight is 391 g/mol. The Hall–Kier alpha value is -3.04. The van der Waals surface area contributed by atoms with Crippen molar-refractivity contribution in [2.45, 2.75) is 25.5 Å². The number of nitrogens with zero attached hydrogens (tertiary/aromatic N) is 2. The maximum atomic E-state index is 13.3. The quantitative estimate of drug-likeness (QED) is 0.640. The van der Waals surface area contributed by atoms with Gasteiger partial charge in [-0.1, -0.05) is 59.3 Å². The first-order valence-electron chi connectivity index (χ1n) is 8.94. The molecule has 0 bridgehead atoms. The fourth-order valence-corrected chi connectivity index (χ4v) is 4.40. The number of hydrogen-bond donors (Lipinski definition) is 1. The van der Waals surface area contributed by atoms with E-state index in [4.69, 9.17) is 0 Å². The second-order valence-electron chi connectivity index (χ2n) is 6.68. The number of likely N-dealkylation sites (N-methyl/N-ethyl adjacent to an activating group) is 1. The van der Waals surface area contributed by atoms with Crippen LogP contribution in [0.1, 0.15) is 16.7 Å². The van der Waals surface area contributed by atoms with Crippen molar-refractivity contribution < 1.29 is 9.59 Å². The monoisotopic (exact) mass is 391 g/mol. The van der Waals surface area contributed by atoms with Crippen LogP contribution in [0, 0.1) is 25.2 Å². The SMILES string of the molecule is CNC(=O)/C(C#N)=C1/S[C@@H](Cc2cccc(C)c2)C(=O)N1c1ccc(C)cc1. The summed E-state index contributed by atoms with van der Waals surface area (Å²) in [7, 11) is 1.47. The highest BCUT2D eigenvalue weighted by Gasteiger charge is 2.40. The molecule has 0 saturated carbocycles. The van der Waals surface area contributed by atoms with Crippen LogP contribution < -0.4 is 10.2 Å². The molecule has 1 saturated heterocycles. The Balaban J connectivity index is 2.04. The first kappa shape index (κ1) is 19.7. The number of benzene rings is 2. The first-order chi connectivity index (χ1) is 13.4. The van der Waals surface area contributed by atoms with E-state index in [2.05, 4.69) is 11.4 Å². The van der Waals surface area contributed by atoms with Gasteiger partial charge in [-0.15, -0.1) is 0 Å². The Morgan fingerprint density at radius 3 is 2.50 bits per heavy atom. The lowest BCUT2D eigenvalue weighted by molar-refractivity contribution is -0.117. The van der Waals surface area contributed by atoms with Crippen molar-refractivity contribution in [1.29, 1.82) is 5.26 Å². The lowest BCUT2D eigenvalue weighted by Crippen LogP contribution is -2.31. The highest BCUT2D eigenvalue weighted by Crippen LogP contribution is 2.41. The molecule has 0 aliphatic carbocycles. The molecular weight excluding hydrogens is 370 g/mol. The van der Waals surface area contributed by atoms with Crippen molar-refractivity contribution in [1.82, 2.24) is 5.32 Å². The number of amides is 2. The molecule has 5 nitrogen and oxygen atoms in total. The van der Waals surface area contributed by atoms with Gasteiger partial charge in [0.1, 0.15) is 16.7 Å². The molecule has 1 aliphatic rings. The summed E-state index contributed by atoms with van der Waals surface area (Å²) in [5.74, 6) is -0.617. The number of carbonyl (C=O) groups excluding carboxylic acids is 2. The third kappa shape index (κ3) is 3.95. The van der Waals surface area contributed by atoms with Gasteiger partial charge in [-0.3, -0.25) is 14.5 Å². The van der Waals surface area contributed by atoms with Crippen molar-refractivity contribution in [3.8, 4) is 6.07 Å². The number of aryl methyl sites for hydroxylation is 2. The number of rotatable bonds is 4. The molecule has 3 rings (SSSR count). The van der Waals surface area contributed by atoms with Gasteiger partial charge in [0.05, 0.1) is 5.25 Å². The molecule has 6 heteroatoms. The summed E-state index contributed by atoms with van der Waals surface area (Å²) in [6.45, 7) is 3.98. The Labute approximate surface area is 169 Å². The number of nitrogens with one attached hydrogen (secondary N) is 1. The Morgan fingerprint density at radius 2 is 1.89 bits per heavy atom. The van der Waals surface area contributed by atoms with Crippen LogP contribution in [-0.2, 0) is 16.0 Å². The molecule has 1 aliphatic heterocycles. The highest BCUT2D eigenvalue weighted by atomic mass is 32.2. The van der Waals surface area contributed by atoms with Gasteiger partial charge < -0.3 is 5.32 Å². The summed E-state index contributed by atoms with van der Waals surface area (Å²) in [4.78, 5) is 27.0. The number of hydrogen-bond acceptors (Lipinski definition) is 4. The summed E-state index contributed by atoms with van der Waals surface area (Å²) >= 11 is 1.28. The van der Waals surface area contributed by atoms with Crippen molar-refractivity contribution >= 4 is 29.3 Å². The number of anilines is 1. The molecule has 142 valence electrons. The van der Waals surface area contributed by atoms with Crippen LogP contribution in [0.3, 0.4) is 0 Å². The molecule has 1 fully saturated rings. The number of thioether (sulfide) groups is 1. The fourth-order valence-electron chi connectivity index (χ4n) is 3.09. The molecule has 2 aromatic rings. The van der Waals surface area contributed by atoms with Crippen LogP contribution in [0.4, 0.5) is 5.69 Å². The average Bonchev–Trinajstić information content (AvgIpc) is 2.99. The molecule has 0 radical (unpaired) electrons. The lowest BCUT2D eigenvalue weighted by Gasteiger charge is -2.18. The zero-order valence-electron chi connectivity index (χ0n) is 16.0. The van der Waals surface area contributed by atoms with Crippen molar-refractivity contribution in [2.75, 3.05) is 11.9 Å². The molecule has 1 atom stereocenters. The van der Waals surface area contributed by atoms with Crippen molar-refractivity contribution in [3.63, 3.8) is 0 Å². The van der Waals surface area contributed by atoms with E-state index in [0.29, 0.717) is 17.1 Å². The maximum Gasteiger partial charge on any atom is 0.264 e. The van der Waals surface area contributed by atoms with E-state index in [0.717, 1.165) is 16.7 Å². The van der Waals surface area contributed by atoms with Gasteiger partial charge in [0.25, 0.3) is 5.91 Å². The zero-order chi connectivity index (χ0) is 20.3. The second-order valence-corrected chi connectivity index (χ2v) is 7.87. The number of carbonyl (C=O) groups is 2. The summed E-state index contributed by atoms with van der Waals surface area (Å²) in [5.41, 5.74) is 3.85. The third-order valence-corrected chi connectivity index (χ3v) is 5.79. The summed E-state index contributed by atoms with van der Waals surface area (Å²) in [5, 5.41) is 12.1. The summed E-state index contributed by atoms with van der Waals surface area (Å²) < 4.78 is 0. The second kappa shape index (κ2) is 8.32. The summed E-state index contributed by atoms with van der Waals surface area (Å²) in [6, 6.07) is 17.5. The molecule has 0 aromatic heterocycles. The van der Waals surface area contributed by atoms with E-state index in [1.165, 1.54) is 23.7 Å². The minimum absolute atomic E-state index is 0.0480. The van der Waals surface area contributed by atoms with E-state index in [1.54, 1.807) is 0 Å². The Morgan fingerprint density at radius 1 is 1.18 bits per heavy atom. The zero-order valence-corrected chi connectivity index (χ0v) is 16.8. The molecule has 1 heterocycles. The van der Waals surface area contributed by atoms with Gasteiger partial charge in [-0.25, -0.2) is 0 Å². The van der Waals surface area contributed by atoms with Crippen LogP contribution in [0.25, 0.3) is 0 Å². The van der Waals surface area contributed by atoms with Gasteiger partial charge >= 0.3 is 0 Å². The standard InChI is InChI=1S/C22H21N3O2S/c1-14-7-9-17(10-8-14)25-21(27)19(12-16-6-4-5-15(2)11-16)28-22(25)18(13-23)20(26)24-3/h4-11,19H,12H2,1-3H3,(H,24,26)/b22-18+/t19-/m0/s1. The minimum Gasteiger partial charge on any atom is -0.354 e. The van der Waals surface area contributed by atoms with E-state index in [-0.39, 0.29) is 11.5 Å². The van der Waals surface area contributed by atoms with Crippen LogP contribution in [0.15, 0.2) is 59.1 Å². The van der Waals surface area contributed by atoms with E-state index >= 15 is 0 Å². The van der Waals surface area contributed by atoms with Gasteiger partial charge in [0.2, 0.25) is 5.91 Å². The third-order valence-electron chi connectivity index (χ3n) is 4.53. The molecule has 0 unspecified atom stereocenters. The largest absolute Gasteiger partial charge is 0.354 e. The summed E-state index contributed by atoms with van der Waals surface area (Å²) in [6.07, 6.45) is 0.531. The van der Waals surface area contributed by atoms with Crippen LogP contribution in [0.2, 0.25) is 0 Å². The minimum atomic E-state index is -0.494. The van der Waals surface area contributed by atoms with Gasteiger partial charge in [0.15, 0.2) is 0 Å². The Bertz CT molecular complexity index is 990. The maximum absolute atomic E-state index is 13.3. The molecule has 2 aromatic carbocycles. The van der Waals surface area contributed by atoms with Crippen LogP contribution >= 0.6 is 11.8 Å². The van der Waals surface area contributed by atoms with Crippen molar-refractivity contribution in [2.24, 2.45) is 0 Å². The molecule has 1 N–H and O–H groups in total. The topological polar surface area (TPSA) is 73.2 Å². The smallest absolute Gasteiger partial charge is 0.264 e. The van der Waals surface area contributed by atoms with Crippen molar-refractivity contribution in [3.05, 3.63) is 75.8 Å². The molecule has 28 heavy (non-hydrogen) atoms. The molecular formula is C22H21N3O2S. The first-order valence-corrected chi connectivity index (χ1v) is 9.82. The van der Waals surface area contributed by atoms with Crippen LogP contribution in [-0.4, -0.2) is 24.1 Å². The van der Waals surface area contributed by atoms with E-state index in [9.17, 15) is 14.9 Å². The Kier molecular flexibility index (Phi) is 5.86. The molecule has 2 amide bonds. The highest BCUT2D eigenvalue weighted by molar-refractivity contribution is 8.05. The van der Waals surface area contributed by atoms with E-state index in [1.807, 2.05) is 62.4 Å². The van der Waals surface area contributed by atoms with E-state index < -0.39 is 11.2 Å². The van der Waals surface area contributed by atoms with Gasteiger partial charge in [-0.2, -0.15) is 5.26 Å². The normalized spacial score (nSPS) is 18.0. The number of nitriles is 1.